The minimum absolute atomic E-state index is 0.00643. The molecule has 240 valence electrons. The van der Waals surface area contributed by atoms with Gasteiger partial charge in [-0.3, -0.25) is 17.9 Å². The van der Waals surface area contributed by atoms with Gasteiger partial charge in [0.05, 0.1) is 56.0 Å². The van der Waals surface area contributed by atoms with E-state index in [1.54, 1.807) is 51.6 Å². The van der Waals surface area contributed by atoms with Crippen LogP contribution < -0.4 is 15.1 Å². The molecule has 6 heterocycles. The standard InChI is InChI=1S/C41H31N7OSi/c1-24-11-9-17-32-37(24)43-40-45(28-13-5-7-15-30(28)47(32)40)26-19-20-34-35(21-26)50(3,4)36-22-27(23-42-39(36)49-34)46-29-14-6-8-16-31(29)48-33-18-10-12-25(2)38(33)44-41(46)48/h5-23H,1-4H3/i1D3,2D3,3D3,4D3. The van der Waals surface area contributed by atoms with Crippen molar-refractivity contribution in [2.75, 3.05) is 0 Å². The first-order valence-electron chi connectivity index (χ1n) is 22.0. The van der Waals surface area contributed by atoms with E-state index in [2.05, 4.69) is 4.98 Å². The van der Waals surface area contributed by atoms with Crippen LogP contribution in [0.4, 0.5) is 0 Å². The Morgan fingerprint density at radius 1 is 0.580 bits per heavy atom. The lowest BCUT2D eigenvalue weighted by molar-refractivity contribution is 0.467. The highest BCUT2D eigenvalue weighted by molar-refractivity contribution is 7.01. The van der Waals surface area contributed by atoms with Crippen molar-refractivity contribution in [3.8, 4) is 23.0 Å². The number of aromatic nitrogens is 7. The van der Waals surface area contributed by atoms with Crippen molar-refractivity contribution in [2.24, 2.45) is 0 Å². The summed E-state index contributed by atoms with van der Waals surface area (Å²) in [6.07, 6.45) is 1.46. The van der Waals surface area contributed by atoms with Gasteiger partial charge in [0, 0.05) is 27.3 Å². The molecule has 0 aliphatic carbocycles. The number of imidazole rings is 4. The van der Waals surface area contributed by atoms with E-state index in [-0.39, 0.29) is 44.2 Å². The number of ether oxygens (including phenoxy) is 1. The fraction of sp³-hybridized carbons (Fsp3) is 0.0976. The van der Waals surface area contributed by atoms with E-state index in [1.807, 2.05) is 57.3 Å². The van der Waals surface area contributed by atoms with E-state index >= 15 is 0 Å². The molecule has 0 N–H and O–H groups in total. The summed E-state index contributed by atoms with van der Waals surface area (Å²) in [5, 5.41) is -0.0840. The van der Waals surface area contributed by atoms with Gasteiger partial charge in [-0.05, 0) is 90.7 Å². The first-order valence-corrected chi connectivity index (χ1v) is 18.0. The van der Waals surface area contributed by atoms with Crippen LogP contribution in [0.25, 0.3) is 67.1 Å². The minimum atomic E-state index is -5.03. The molecule has 0 unspecified atom stereocenters. The van der Waals surface area contributed by atoms with Gasteiger partial charge in [0.15, 0.2) is 0 Å². The van der Waals surface area contributed by atoms with E-state index in [4.69, 9.17) is 22.9 Å². The number of para-hydroxylation sites is 6. The lowest BCUT2D eigenvalue weighted by atomic mass is 10.2. The molecule has 10 aromatic rings. The smallest absolute Gasteiger partial charge is 0.220 e. The predicted octanol–water partition coefficient (Wildman–Crippen LogP) is 8.12. The van der Waals surface area contributed by atoms with Gasteiger partial charge in [-0.15, -0.1) is 0 Å². The highest BCUT2D eigenvalue weighted by Gasteiger charge is 2.38. The van der Waals surface area contributed by atoms with Crippen molar-refractivity contribution in [3.05, 3.63) is 127 Å². The molecule has 1 aliphatic rings. The Morgan fingerprint density at radius 3 is 1.74 bits per heavy atom. The Kier molecular flexibility index (Phi) is 3.52. The highest BCUT2D eigenvalue weighted by Crippen LogP contribution is 2.35. The molecular formula is C41H31N7OSi. The van der Waals surface area contributed by atoms with Crippen molar-refractivity contribution in [1.29, 1.82) is 0 Å². The third kappa shape index (κ3) is 3.46. The number of fused-ring (bicyclic) bond motifs is 12. The second-order valence-corrected chi connectivity index (χ2v) is 15.1. The van der Waals surface area contributed by atoms with Gasteiger partial charge in [-0.25, -0.2) is 15.0 Å². The lowest BCUT2D eigenvalue weighted by Crippen LogP contribution is -2.56. The van der Waals surface area contributed by atoms with Gasteiger partial charge in [0.1, 0.15) is 13.8 Å². The molecule has 9 heteroatoms. The number of hydrogen-bond acceptors (Lipinski definition) is 4. The zero-order valence-electron chi connectivity index (χ0n) is 38.0. The maximum absolute atomic E-state index is 9.22. The zero-order valence-corrected chi connectivity index (χ0v) is 27.0. The zero-order chi connectivity index (χ0) is 43.5. The number of rotatable bonds is 2. The number of hydrogen-bond donors (Lipinski definition) is 0. The molecule has 5 aromatic heterocycles. The van der Waals surface area contributed by atoms with Crippen molar-refractivity contribution < 1.29 is 21.2 Å². The number of nitrogens with zero attached hydrogens (tertiary/aromatic N) is 7. The maximum atomic E-state index is 9.22. The van der Waals surface area contributed by atoms with Crippen LogP contribution in [-0.2, 0) is 0 Å². The average Bonchev–Trinajstić information content (AvgIpc) is 3.94. The largest absolute Gasteiger partial charge is 0.439 e. The van der Waals surface area contributed by atoms with Crippen LogP contribution in [0.1, 0.15) is 27.6 Å². The summed E-state index contributed by atoms with van der Waals surface area (Å²) in [4.78, 5) is 14.4. The summed E-state index contributed by atoms with van der Waals surface area (Å²) in [5.41, 5.74) is 5.09. The molecule has 0 fully saturated rings. The highest BCUT2D eigenvalue weighted by atomic mass is 28.3. The van der Waals surface area contributed by atoms with Gasteiger partial charge in [0.25, 0.3) is 0 Å². The van der Waals surface area contributed by atoms with Gasteiger partial charge < -0.3 is 4.74 Å². The first kappa shape index (κ1) is 18.5. The third-order valence-electron chi connectivity index (χ3n) is 9.79. The van der Waals surface area contributed by atoms with Crippen LogP contribution in [0.5, 0.6) is 11.6 Å². The molecular weight excluding hydrogens is 635 g/mol. The molecule has 0 spiro atoms. The Morgan fingerprint density at radius 2 is 1.14 bits per heavy atom. The van der Waals surface area contributed by atoms with E-state index in [1.165, 1.54) is 24.4 Å². The fourth-order valence-electron chi connectivity index (χ4n) is 7.56. The maximum Gasteiger partial charge on any atom is 0.220 e. The predicted molar refractivity (Wildman–Crippen MR) is 203 cm³/mol. The first-order chi connectivity index (χ1) is 29.3. The van der Waals surface area contributed by atoms with Crippen molar-refractivity contribution in [3.63, 3.8) is 0 Å². The SMILES string of the molecule is [2H]C([2H])([2H])c1cccc2c1nc1n(-c3ccc4c(c3)[Si](C([2H])([2H])[2H])(C([2H])([2H])[2H])c3cc(-n5c6ccccc6n6c7cccc(C([2H])([2H])[2H])c7nc56)cnc3O4)c3ccccc3n21. The Bertz CT molecular complexity index is 3310. The average molecular weight is 678 g/mol. The number of aryl methyl sites for hydroxylation is 2. The minimum Gasteiger partial charge on any atom is -0.439 e. The topological polar surface area (TPSA) is 66.6 Å². The summed E-state index contributed by atoms with van der Waals surface area (Å²) < 4.78 is 118. The second-order valence-electron chi connectivity index (χ2n) is 12.6. The summed E-state index contributed by atoms with van der Waals surface area (Å²) in [6, 6.07) is 30.9. The van der Waals surface area contributed by atoms with Crippen molar-refractivity contribution in [2.45, 2.75) is 26.7 Å². The van der Waals surface area contributed by atoms with E-state index < -0.39 is 34.7 Å². The van der Waals surface area contributed by atoms with Gasteiger partial charge >= 0.3 is 0 Å². The molecule has 0 bridgehead atoms. The Hall–Kier alpha value is -6.19. The normalized spacial score (nSPS) is 18.5. The van der Waals surface area contributed by atoms with E-state index in [0.717, 1.165) is 0 Å². The fourth-order valence-corrected chi connectivity index (χ4v) is 9.52. The van der Waals surface area contributed by atoms with E-state index in [9.17, 15) is 8.22 Å². The van der Waals surface area contributed by atoms with Crippen LogP contribution in [0.2, 0.25) is 13.0 Å². The Labute approximate surface area is 304 Å². The number of benzene rings is 5. The summed E-state index contributed by atoms with van der Waals surface area (Å²) in [6.45, 7) is -11.1. The molecule has 0 amide bonds. The second kappa shape index (κ2) is 9.49. The molecule has 0 radical (unpaired) electrons. The summed E-state index contributed by atoms with van der Waals surface area (Å²) >= 11 is 0. The lowest BCUT2D eigenvalue weighted by Gasteiger charge is -2.32. The molecule has 0 saturated carbocycles. The third-order valence-corrected chi connectivity index (χ3v) is 12.2. The van der Waals surface area contributed by atoms with E-state index in [0.29, 0.717) is 56.0 Å². The molecule has 8 nitrogen and oxygen atoms in total. The molecule has 5 aromatic carbocycles. The van der Waals surface area contributed by atoms with Gasteiger partial charge in [0.2, 0.25) is 17.4 Å². The molecule has 0 saturated heterocycles. The summed E-state index contributed by atoms with van der Waals surface area (Å²) in [7, 11) is -5.03. The van der Waals surface area contributed by atoms with Gasteiger partial charge in [-0.2, -0.15) is 0 Å². The molecule has 1 aliphatic heterocycles. The Balaban J connectivity index is 1.19. The summed E-state index contributed by atoms with van der Waals surface area (Å²) in [5.74, 6) is 0.540. The van der Waals surface area contributed by atoms with Crippen LogP contribution in [0, 0.1) is 13.7 Å². The van der Waals surface area contributed by atoms with Gasteiger partial charge in [-0.1, -0.05) is 61.5 Å². The molecule has 0 atom stereocenters. The van der Waals surface area contributed by atoms with Crippen molar-refractivity contribution >= 4 is 74.1 Å². The van der Waals surface area contributed by atoms with Crippen LogP contribution >= 0.6 is 0 Å². The van der Waals surface area contributed by atoms with Crippen LogP contribution in [0.3, 0.4) is 0 Å². The molecule has 50 heavy (non-hydrogen) atoms. The van der Waals surface area contributed by atoms with Crippen LogP contribution in [-0.4, -0.2) is 41.0 Å². The molecule has 11 rings (SSSR count). The number of pyridine rings is 1. The quantitative estimate of drug-likeness (QED) is 0.174. The van der Waals surface area contributed by atoms with Crippen LogP contribution in [0.15, 0.2) is 115 Å². The monoisotopic (exact) mass is 677 g/mol. The van der Waals surface area contributed by atoms with Crippen molar-refractivity contribution in [1.82, 2.24) is 32.9 Å².